The van der Waals surface area contributed by atoms with Crippen molar-refractivity contribution in [3.8, 4) is 0 Å². The van der Waals surface area contributed by atoms with Crippen LogP contribution in [-0.4, -0.2) is 6.04 Å². The summed E-state index contributed by atoms with van der Waals surface area (Å²) in [5, 5.41) is 3.43. The second-order valence-electron chi connectivity index (χ2n) is 5.72. The Morgan fingerprint density at radius 1 is 1.11 bits per heavy atom. The van der Waals surface area contributed by atoms with E-state index in [9.17, 15) is 8.78 Å². The lowest BCUT2D eigenvalue weighted by Crippen LogP contribution is -2.36. The number of benzene rings is 1. The lowest BCUT2D eigenvalue weighted by atomic mass is 9.84. The number of rotatable bonds is 4. The first-order chi connectivity index (χ1) is 9.09. The van der Waals surface area contributed by atoms with E-state index in [0.717, 1.165) is 6.07 Å². The number of halogens is 2. The van der Waals surface area contributed by atoms with Crippen molar-refractivity contribution in [3.05, 3.63) is 35.4 Å². The first-order valence-corrected chi connectivity index (χ1v) is 7.29. The molecule has 0 bridgehead atoms. The molecule has 2 unspecified atom stereocenters. The molecule has 1 N–H and O–H groups in total. The summed E-state index contributed by atoms with van der Waals surface area (Å²) in [4.78, 5) is 0. The highest BCUT2D eigenvalue weighted by atomic mass is 19.2. The van der Waals surface area contributed by atoms with E-state index in [1.54, 1.807) is 12.1 Å². The molecule has 2 rings (SSSR count). The molecule has 0 spiro atoms. The smallest absolute Gasteiger partial charge is 0.163 e. The minimum absolute atomic E-state index is 0.160. The second kappa shape index (κ2) is 6.47. The number of hydrogen-bond donors (Lipinski definition) is 1. The lowest BCUT2D eigenvalue weighted by molar-refractivity contribution is 0.266. The molecule has 19 heavy (non-hydrogen) atoms. The molecule has 1 saturated carbocycles. The van der Waals surface area contributed by atoms with Gasteiger partial charge in [-0.05, 0) is 38.7 Å². The fourth-order valence-corrected chi connectivity index (χ4v) is 3.11. The quantitative estimate of drug-likeness (QED) is 0.841. The molecule has 1 aromatic carbocycles. The Balaban J connectivity index is 1.99. The van der Waals surface area contributed by atoms with Crippen molar-refractivity contribution in [1.29, 1.82) is 0 Å². The summed E-state index contributed by atoms with van der Waals surface area (Å²) in [5.41, 5.74) is 0.419. The first-order valence-electron chi connectivity index (χ1n) is 7.29. The van der Waals surface area contributed by atoms with Gasteiger partial charge < -0.3 is 5.32 Å². The molecule has 0 saturated heterocycles. The summed E-state index contributed by atoms with van der Waals surface area (Å²) < 4.78 is 27.0. The second-order valence-corrected chi connectivity index (χ2v) is 5.72. The van der Waals surface area contributed by atoms with E-state index in [1.807, 2.05) is 6.92 Å². The molecule has 106 valence electrons. The van der Waals surface area contributed by atoms with Crippen LogP contribution in [0.25, 0.3) is 0 Å². The van der Waals surface area contributed by atoms with Crippen molar-refractivity contribution in [2.24, 2.45) is 5.92 Å². The van der Waals surface area contributed by atoms with Crippen LogP contribution in [0.5, 0.6) is 0 Å². The van der Waals surface area contributed by atoms with Crippen LogP contribution < -0.4 is 5.32 Å². The van der Waals surface area contributed by atoms with Gasteiger partial charge in [0.25, 0.3) is 0 Å². The average molecular weight is 267 g/mol. The van der Waals surface area contributed by atoms with Crippen molar-refractivity contribution in [2.75, 3.05) is 0 Å². The van der Waals surface area contributed by atoms with Crippen molar-refractivity contribution < 1.29 is 8.78 Å². The Hall–Kier alpha value is -0.960. The molecular formula is C16H23F2N. The molecule has 1 aliphatic rings. The zero-order valence-corrected chi connectivity index (χ0v) is 11.8. The minimum atomic E-state index is -0.767. The summed E-state index contributed by atoms with van der Waals surface area (Å²) in [7, 11) is 0. The Bertz CT molecular complexity index is 413. The molecule has 1 aliphatic carbocycles. The van der Waals surface area contributed by atoms with Gasteiger partial charge in [-0.3, -0.25) is 0 Å². The zero-order chi connectivity index (χ0) is 13.8. The summed E-state index contributed by atoms with van der Waals surface area (Å²) >= 11 is 0. The Morgan fingerprint density at radius 2 is 1.79 bits per heavy atom. The van der Waals surface area contributed by atoms with E-state index < -0.39 is 11.6 Å². The molecule has 0 aromatic heterocycles. The lowest BCUT2D eigenvalue weighted by Gasteiger charge is -2.31. The monoisotopic (exact) mass is 267 g/mol. The normalized spacial score (nSPS) is 20.2. The highest BCUT2D eigenvalue weighted by molar-refractivity contribution is 5.22. The summed E-state index contributed by atoms with van der Waals surface area (Å²) in [5.74, 6) is -0.831. The van der Waals surface area contributed by atoms with E-state index in [2.05, 4.69) is 12.2 Å². The van der Waals surface area contributed by atoms with E-state index in [4.69, 9.17) is 0 Å². The van der Waals surface area contributed by atoms with Gasteiger partial charge in [-0.2, -0.15) is 0 Å². The largest absolute Gasteiger partial charge is 0.307 e. The van der Waals surface area contributed by atoms with Crippen LogP contribution in [0.2, 0.25) is 0 Å². The van der Waals surface area contributed by atoms with E-state index in [-0.39, 0.29) is 6.04 Å². The van der Waals surface area contributed by atoms with Gasteiger partial charge in [0.2, 0.25) is 0 Å². The van der Waals surface area contributed by atoms with Crippen LogP contribution in [0, 0.1) is 17.6 Å². The van der Waals surface area contributed by atoms with Gasteiger partial charge in [0.1, 0.15) is 0 Å². The third kappa shape index (κ3) is 3.53. The molecule has 0 aliphatic heterocycles. The maximum atomic E-state index is 13.7. The fraction of sp³-hybridized carbons (Fsp3) is 0.625. The molecule has 1 fully saturated rings. The van der Waals surface area contributed by atoms with E-state index in [1.165, 1.54) is 32.1 Å². The van der Waals surface area contributed by atoms with Crippen molar-refractivity contribution >= 4 is 0 Å². The number of nitrogens with one attached hydrogen (secondary N) is 1. The molecule has 1 aromatic rings. The van der Waals surface area contributed by atoms with Gasteiger partial charge in [0.05, 0.1) is 0 Å². The molecular weight excluding hydrogens is 244 g/mol. The predicted octanol–water partition coefficient (Wildman–Crippen LogP) is 4.58. The first kappa shape index (κ1) is 14.4. The highest BCUT2D eigenvalue weighted by Crippen LogP contribution is 2.28. The fourth-order valence-electron chi connectivity index (χ4n) is 3.11. The Labute approximate surface area is 114 Å². The molecule has 1 nitrogen and oxygen atoms in total. The van der Waals surface area contributed by atoms with Crippen LogP contribution in [0.4, 0.5) is 8.78 Å². The minimum Gasteiger partial charge on any atom is -0.307 e. The van der Waals surface area contributed by atoms with Crippen LogP contribution in [0.15, 0.2) is 18.2 Å². The zero-order valence-electron chi connectivity index (χ0n) is 11.8. The standard InChI is InChI=1S/C16H23F2N/c1-11(13-7-4-3-5-8-13)19-12(2)14-9-6-10-15(17)16(14)18/h6,9-13,19H,3-5,7-8H2,1-2H3. The van der Waals surface area contributed by atoms with Gasteiger partial charge in [-0.15, -0.1) is 0 Å². The highest BCUT2D eigenvalue weighted by Gasteiger charge is 2.23. The summed E-state index contributed by atoms with van der Waals surface area (Å²) in [6.45, 7) is 4.06. The van der Waals surface area contributed by atoms with Crippen LogP contribution >= 0.6 is 0 Å². The summed E-state index contributed by atoms with van der Waals surface area (Å²) in [6, 6.07) is 4.57. The third-order valence-electron chi connectivity index (χ3n) is 4.32. The van der Waals surface area contributed by atoms with E-state index >= 15 is 0 Å². The average Bonchev–Trinajstić information content (AvgIpc) is 2.42. The van der Waals surface area contributed by atoms with Crippen LogP contribution in [0.1, 0.15) is 57.6 Å². The van der Waals surface area contributed by atoms with Gasteiger partial charge >= 0.3 is 0 Å². The predicted molar refractivity (Wildman–Crippen MR) is 73.9 cm³/mol. The van der Waals surface area contributed by atoms with Crippen molar-refractivity contribution in [1.82, 2.24) is 5.32 Å². The molecule has 0 radical (unpaired) electrons. The molecule has 0 heterocycles. The van der Waals surface area contributed by atoms with Crippen LogP contribution in [-0.2, 0) is 0 Å². The molecule has 2 atom stereocenters. The molecule has 3 heteroatoms. The maximum Gasteiger partial charge on any atom is 0.163 e. The Kier molecular flexibility index (Phi) is 4.92. The topological polar surface area (TPSA) is 12.0 Å². The summed E-state index contributed by atoms with van der Waals surface area (Å²) in [6.07, 6.45) is 6.40. The molecule has 0 amide bonds. The van der Waals surface area contributed by atoms with Gasteiger partial charge in [0.15, 0.2) is 11.6 Å². The van der Waals surface area contributed by atoms with Gasteiger partial charge in [0, 0.05) is 17.6 Å². The van der Waals surface area contributed by atoms with Crippen molar-refractivity contribution in [3.63, 3.8) is 0 Å². The van der Waals surface area contributed by atoms with Crippen molar-refractivity contribution in [2.45, 2.75) is 58.0 Å². The maximum absolute atomic E-state index is 13.7. The Morgan fingerprint density at radius 3 is 2.47 bits per heavy atom. The third-order valence-corrected chi connectivity index (χ3v) is 4.32. The SMILES string of the molecule is CC(NC(C)C1CCCCC1)c1cccc(F)c1F. The van der Waals surface area contributed by atoms with Gasteiger partial charge in [-0.25, -0.2) is 8.78 Å². The van der Waals surface area contributed by atoms with Gasteiger partial charge in [-0.1, -0.05) is 31.4 Å². The number of hydrogen-bond acceptors (Lipinski definition) is 1. The van der Waals surface area contributed by atoms with E-state index in [0.29, 0.717) is 17.5 Å². The van der Waals surface area contributed by atoms with Crippen LogP contribution in [0.3, 0.4) is 0 Å².